The standard InChI is InChI=1S/C14H14O/c1-2-3-7-12-15-13-8-11-14-9-5-4-6-10-14/h3-6,9-10H,1,7,12-13H2. The van der Waals surface area contributed by atoms with Gasteiger partial charge in [-0.25, -0.2) is 0 Å². The van der Waals surface area contributed by atoms with Crippen molar-refractivity contribution in [1.29, 1.82) is 0 Å². The molecule has 15 heavy (non-hydrogen) atoms. The highest BCUT2D eigenvalue weighted by molar-refractivity contribution is 5.33. The summed E-state index contributed by atoms with van der Waals surface area (Å²) in [5.41, 5.74) is 3.71. The van der Waals surface area contributed by atoms with Crippen molar-refractivity contribution in [2.24, 2.45) is 0 Å². The van der Waals surface area contributed by atoms with Crippen molar-refractivity contribution in [1.82, 2.24) is 0 Å². The van der Waals surface area contributed by atoms with Gasteiger partial charge in [-0.05, 0) is 24.6 Å². The molecule has 1 heteroatoms. The van der Waals surface area contributed by atoms with E-state index in [0.29, 0.717) is 13.2 Å². The van der Waals surface area contributed by atoms with Gasteiger partial charge < -0.3 is 4.74 Å². The smallest absolute Gasteiger partial charge is 0.108 e. The van der Waals surface area contributed by atoms with E-state index in [0.717, 1.165) is 12.0 Å². The number of benzene rings is 1. The van der Waals surface area contributed by atoms with E-state index >= 15 is 0 Å². The molecule has 0 bridgehead atoms. The number of hydrogen-bond acceptors (Lipinski definition) is 1. The predicted octanol–water partition coefficient (Wildman–Crippen LogP) is 2.79. The van der Waals surface area contributed by atoms with Gasteiger partial charge >= 0.3 is 0 Å². The van der Waals surface area contributed by atoms with Crippen LogP contribution in [0.1, 0.15) is 12.0 Å². The topological polar surface area (TPSA) is 9.23 Å². The molecule has 0 radical (unpaired) electrons. The van der Waals surface area contributed by atoms with Crippen LogP contribution in [0.4, 0.5) is 0 Å². The Kier molecular flexibility index (Phi) is 5.78. The Morgan fingerprint density at radius 2 is 2.07 bits per heavy atom. The molecule has 0 saturated heterocycles. The molecule has 1 aromatic carbocycles. The summed E-state index contributed by atoms with van der Waals surface area (Å²) in [5.74, 6) is 5.98. The van der Waals surface area contributed by atoms with Crippen molar-refractivity contribution in [3.63, 3.8) is 0 Å². The molecule has 1 nitrogen and oxygen atoms in total. The lowest BCUT2D eigenvalue weighted by atomic mass is 10.2. The third-order valence-corrected chi connectivity index (χ3v) is 1.73. The molecular formula is C14H14O. The first kappa shape index (κ1) is 11.3. The summed E-state index contributed by atoms with van der Waals surface area (Å²) >= 11 is 0. The first-order valence-electron chi connectivity index (χ1n) is 4.89. The fraction of sp³-hybridized carbons (Fsp3) is 0.214. The van der Waals surface area contributed by atoms with Crippen molar-refractivity contribution in [3.05, 3.63) is 54.3 Å². The molecule has 1 rings (SSSR count). The minimum Gasteiger partial charge on any atom is -0.368 e. The zero-order chi connectivity index (χ0) is 10.8. The van der Waals surface area contributed by atoms with Crippen molar-refractivity contribution in [3.8, 4) is 11.8 Å². The van der Waals surface area contributed by atoms with Gasteiger partial charge in [0.15, 0.2) is 0 Å². The van der Waals surface area contributed by atoms with Gasteiger partial charge in [-0.2, -0.15) is 0 Å². The van der Waals surface area contributed by atoms with E-state index in [-0.39, 0.29) is 0 Å². The van der Waals surface area contributed by atoms with Crippen LogP contribution >= 0.6 is 0 Å². The molecule has 0 aliphatic heterocycles. The van der Waals surface area contributed by atoms with Gasteiger partial charge in [0, 0.05) is 5.56 Å². The molecule has 0 N–H and O–H groups in total. The molecule has 0 aliphatic carbocycles. The first-order valence-corrected chi connectivity index (χ1v) is 4.89. The van der Waals surface area contributed by atoms with Crippen molar-refractivity contribution >= 4 is 0 Å². The van der Waals surface area contributed by atoms with Gasteiger partial charge in [0.1, 0.15) is 6.61 Å². The van der Waals surface area contributed by atoms with Crippen LogP contribution in [-0.2, 0) is 4.74 Å². The molecule has 0 fully saturated rings. The van der Waals surface area contributed by atoms with Gasteiger partial charge in [-0.15, -0.1) is 5.73 Å². The lowest BCUT2D eigenvalue weighted by Crippen LogP contribution is -1.92. The van der Waals surface area contributed by atoms with E-state index in [4.69, 9.17) is 4.74 Å². The summed E-state index contributed by atoms with van der Waals surface area (Å²) in [6.07, 6.45) is 2.70. The molecule has 0 amide bonds. The lowest BCUT2D eigenvalue weighted by molar-refractivity contribution is 0.172. The molecule has 0 atom stereocenters. The summed E-state index contributed by atoms with van der Waals surface area (Å²) in [5, 5.41) is 0. The van der Waals surface area contributed by atoms with Crippen LogP contribution in [0.2, 0.25) is 0 Å². The second kappa shape index (κ2) is 7.64. The van der Waals surface area contributed by atoms with E-state index in [9.17, 15) is 0 Å². The summed E-state index contributed by atoms with van der Waals surface area (Å²) in [4.78, 5) is 0. The third kappa shape index (κ3) is 5.54. The molecule has 0 aromatic heterocycles. The van der Waals surface area contributed by atoms with Gasteiger partial charge in [-0.3, -0.25) is 0 Å². The highest BCUT2D eigenvalue weighted by atomic mass is 16.5. The fourth-order valence-corrected chi connectivity index (χ4v) is 1.03. The van der Waals surface area contributed by atoms with Crippen molar-refractivity contribution in [2.75, 3.05) is 13.2 Å². The van der Waals surface area contributed by atoms with E-state index in [2.05, 4.69) is 24.2 Å². The van der Waals surface area contributed by atoms with E-state index in [1.807, 2.05) is 36.4 Å². The Morgan fingerprint density at radius 3 is 2.80 bits per heavy atom. The molecule has 0 heterocycles. The molecule has 0 aliphatic rings. The number of hydrogen-bond donors (Lipinski definition) is 0. The fourth-order valence-electron chi connectivity index (χ4n) is 1.03. The van der Waals surface area contributed by atoms with Crippen LogP contribution in [0.25, 0.3) is 0 Å². The van der Waals surface area contributed by atoms with Crippen molar-refractivity contribution in [2.45, 2.75) is 6.42 Å². The van der Waals surface area contributed by atoms with Gasteiger partial charge in [0.05, 0.1) is 6.61 Å². The second-order valence-electron chi connectivity index (χ2n) is 2.92. The van der Waals surface area contributed by atoms with Gasteiger partial charge in [0.25, 0.3) is 0 Å². The molecule has 76 valence electrons. The predicted molar refractivity (Wildman–Crippen MR) is 62.5 cm³/mol. The van der Waals surface area contributed by atoms with E-state index < -0.39 is 0 Å². The molecule has 0 saturated carbocycles. The van der Waals surface area contributed by atoms with E-state index in [1.54, 1.807) is 0 Å². The largest absolute Gasteiger partial charge is 0.368 e. The monoisotopic (exact) mass is 198 g/mol. The van der Waals surface area contributed by atoms with Crippen molar-refractivity contribution < 1.29 is 4.74 Å². The lowest BCUT2D eigenvalue weighted by Gasteiger charge is -1.93. The SMILES string of the molecule is C=C=CCCOCC#Cc1ccccc1. The highest BCUT2D eigenvalue weighted by Crippen LogP contribution is 1.94. The Hall–Kier alpha value is -1.74. The zero-order valence-corrected chi connectivity index (χ0v) is 8.70. The number of rotatable bonds is 4. The first-order chi connectivity index (χ1) is 7.43. The third-order valence-electron chi connectivity index (χ3n) is 1.73. The average Bonchev–Trinajstić information content (AvgIpc) is 2.29. The summed E-state index contributed by atoms with van der Waals surface area (Å²) < 4.78 is 5.28. The maximum Gasteiger partial charge on any atom is 0.108 e. The quantitative estimate of drug-likeness (QED) is 0.410. The second-order valence-corrected chi connectivity index (χ2v) is 2.92. The number of ether oxygens (including phenoxy) is 1. The summed E-state index contributed by atoms with van der Waals surface area (Å²) in [6, 6.07) is 9.88. The molecule has 0 spiro atoms. The van der Waals surface area contributed by atoms with Crippen LogP contribution in [0, 0.1) is 11.8 Å². The molecule has 0 unspecified atom stereocenters. The zero-order valence-electron chi connectivity index (χ0n) is 8.70. The Bertz CT molecular complexity index is 375. The molecular weight excluding hydrogens is 184 g/mol. The summed E-state index contributed by atoms with van der Waals surface area (Å²) in [6.45, 7) is 4.61. The van der Waals surface area contributed by atoms with Crippen LogP contribution in [0.15, 0.2) is 48.7 Å². The Labute approximate surface area is 91.1 Å². The van der Waals surface area contributed by atoms with Crippen LogP contribution in [-0.4, -0.2) is 13.2 Å². The maximum absolute atomic E-state index is 5.28. The normalized spacial score (nSPS) is 8.53. The van der Waals surface area contributed by atoms with Gasteiger partial charge in [-0.1, -0.05) is 36.6 Å². The minimum atomic E-state index is 0.472. The van der Waals surface area contributed by atoms with Gasteiger partial charge in [0.2, 0.25) is 0 Å². The summed E-state index contributed by atoms with van der Waals surface area (Å²) in [7, 11) is 0. The Balaban J connectivity index is 2.20. The van der Waals surface area contributed by atoms with Crippen LogP contribution < -0.4 is 0 Å². The van der Waals surface area contributed by atoms with E-state index in [1.165, 1.54) is 0 Å². The highest BCUT2D eigenvalue weighted by Gasteiger charge is 1.82. The van der Waals surface area contributed by atoms with Crippen LogP contribution in [0.5, 0.6) is 0 Å². The van der Waals surface area contributed by atoms with Crippen LogP contribution in [0.3, 0.4) is 0 Å². The average molecular weight is 198 g/mol. The Morgan fingerprint density at radius 1 is 1.27 bits per heavy atom. The minimum absolute atomic E-state index is 0.472. The molecule has 1 aromatic rings. The maximum atomic E-state index is 5.28.